The van der Waals surface area contributed by atoms with E-state index in [0.29, 0.717) is 0 Å². The third-order valence-electron chi connectivity index (χ3n) is 3.62. The maximum absolute atomic E-state index is 5.81. The summed E-state index contributed by atoms with van der Waals surface area (Å²) in [6.07, 6.45) is 3.84. The summed E-state index contributed by atoms with van der Waals surface area (Å²) in [7, 11) is 0. The lowest BCUT2D eigenvalue weighted by molar-refractivity contribution is 0.482. The zero-order valence-corrected chi connectivity index (χ0v) is 12.2. The first-order valence-electron chi connectivity index (χ1n) is 7.06. The van der Waals surface area contributed by atoms with Crippen molar-refractivity contribution in [3.63, 3.8) is 0 Å². The van der Waals surface area contributed by atoms with Crippen molar-refractivity contribution in [2.45, 2.75) is 19.9 Å². The summed E-state index contributed by atoms with van der Waals surface area (Å²) < 4.78 is 7.97. The van der Waals surface area contributed by atoms with Gasteiger partial charge >= 0.3 is 0 Å². The molecule has 1 atom stereocenters. The topological polar surface area (TPSA) is 27.1 Å². The quantitative estimate of drug-likeness (QED) is 0.697. The number of para-hydroxylation sites is 1. The van der Waals surface area contributed by atoms with Crippen LogP contribution in [0.15, 0.2) is 67.0 Å². The first-order chi connectivity index (χ1) is 10.2. The molecular weight excluding hydrogens is 260 g/mol. The Kier molecular flexibility index (Phi) is 3.73. The Morgan fingerprint density at radius 2 is 1.62 bits per heavy atom. The van der Waals surface area contributed by atoms with E-state index in [-0.39, 0.29) is 6.04 Å². The third-order valence-corrected chi connectivity index (χ3v) is 3.62. The van der Waals surface area contributed by atoms with Crippen LogP contribution in [-0.2, 0) is 0 Å². The van der Waals surface area contributed by atoms with Gasteiger partial charge in [-0.1, -0.05) is 30.3 Å². The SMILES string of the molecule is Cc1nccn1C(C)c1ccc(Oc2ccccc2)cc1. The van der Waals surface area contributed by atoms with Crippen LogP contribution in [-0.4, -0.2) is 9.55 Å². The number of rotatable bonds is 4. The zero-order valence-electron chi connectivity index (χ0n) is 12.2. The number of aryl methyl sites for hydroxylation is 1. The largest absolute Gasteiger partial charge is 0.457 e. The van der Waals surface area contributed by atoms with Gasteiger partial charge in [-0.15, -0.1) is 0 Å². The lowest BCUT2D eigenvalue weighted by Crippen LogP contribution is -2.07. The summed E-state index contributed by atoms with van der Waals surface area (Å²) in [5.41, 5.74) is 1.23. The Hall–Kier alpha value is -2.55. The molecule has 0 radical (unpaired) electrons. The number of nitrogens with zero attached hydrogens (tertiary/aromatic N) is 2. The summed E-state index contributed by atoms with van der Waals surface area (Å²) >= 11 is 0. The lowest BCUT2D eigenvalue weighted by atomic mass is 10.1. The molecule has 0 aliphatic carbocycles. The summed E-state index contributed by atoms with van der Waals surface area (Å²) in [5.74, 6) is 2.72. The van der Waals surface area contributed by atoms with Crippen molar-refractivity contribution in [3.05, 3.63) is 78.4 Å². The summed E-state index contributed by atoms with van der Waals surface area (Å²) in [6, 6.07) is 18.3. The minimum Gasteiger partial charge on any atom is -0.457 e. The fraction of sp³-hybridized carbons (Fsp3) is 0.167. The predicted molar refractivity (Wildman–Crippen MR) is 83.7 cm³/mol. The molecule has 3 aromatic rings. The molecule has 0 N–H and O–H groups in total. The molecule has 3 rings (SSSR count). The van der Waals surface area contributed by atoms with Gasteiger partial charge in [0.25, 0.3) is 0 Å². The van der Waals surface area contributed by atoms with Gasteiger partial charge in [0.2, 0.25) is 0 Å². The second kappa shape index (κ2) is 5.83. The number of imidazole rings is 1. The van der Waals surface area contributed by atoms with Crippen LogP contribution < -0.4 is 4.74 Å². The molecule has 1 heterocycles. The fourth-order valence-corrected chi connectivity index (χ4v) is 2.40. The van der Waals surface area contributed by atoms with Crippen LogP contribution >= 0.6 is 0 Å². The highest BCUT2D eigenvalue weighted by Gasteiger charge is 2.09. The second-order valence-electron chi connectivity index (χ2n) is 5.04. The van der Waals surface area contributed by atoms with E-state index in [1.807, 2.05) is 61.8 Å². The van der Waals surface area contributed by atoms with Crippen LogP contribution in [0.2, 0.25) is 0 Å². The summed E-state index contributed by atoms with van der Waals surface area (Å²) in [6.45, 7) is 4.19. The normalized spacial score (nSPS) is 12.1. The minimum absolute atomic E-state index is 0.262. The molecule has 0 amide bonds. The van der Waals surface area contributed by atoms with Crippen LogP contribution in [0.4, 0.5) is 0 Å². The van der Waals surface area contributed by atoms with Gasteiger partial charge in [-0.05, 0) is 43.7 Å². The Labute approximate surface area is 124 Å². The molecule has 0 saturated carbocycles. The molecule has 0 spiro atoms. The van der Waals surface area contributed by atoms with Crippen LogP contribution in [0.1, 0.15) is 24.4 Å². The van der Waals surface area contributed by atoms with Gasteiger partial charge in [0.05, 0.1) is 6.04 Å². The van der Waals surface area contributed by atoms with Gasteiger partial charge < -0.3 is 9.30 Å². The van der Waals surface area contributed by atoms with Crippen molar-refractivity contribution < 1.29 is 4.74 Å². The molecule has 0 aliphatic rings. The van der Waals surface area contributed by atoms with E-state index in [1.54, 1.807) is 0 Å². The number of hydrogen-bond donors (Lipinski definition) is 0. The highest BCUT2D eigenvalue weighted by molar-refractivity contribution is 5.34. The highest BCUT2D eigenvalue weighted by atomic mass is 16.5. The number of aromatic nitrogens is 2. The van der Waals surface area contributed by atoms with Crippen molar-refractivity contribution in [1.82, 2.24) is 9.55 Å². The minimum atomic E-state index is 0.262. The predicted octanol–water partition coefficient (Wildman–Crippen LogP) is 4.59. The fourth-order valence-electron chi connectivity index (χ4n) is 2.40. The number of hydrogen-bond acceptors (Lipinski definition) is 2. The Bertz CT molecular complexity index is 702. The van der Waals surface area contributed by atoms with E-state index in [4.69, 9.17) is 4.74 Å². The molecule has 0 saturated heterocycles. The van der Waals surface area contributed by atoms with Crippen LogP contribution in [0.5, 0.6) is 11.5 Å². The number of benzene rings is 2. The Morgan fingerprint density at radius 3 is 2.24 bits per heavy atom. The maximum Gasteiger partial charge on any atom is 0.127 e. The molecule has 0 fully saturated rings. The molecule has 3 heteroatoms. The standard InChI is InChI=1S/C18H18N2O/c1-14(20-13-12-19-15(20)2)16-8-10-18(11-9-16)21-17-6-4-3-5-7-17/h3-14H,1-2H3. The molecule has 106 valence electrons. The second-order valence-corrected chi connectivity index (χ2v) is 5.04. The third kappa shape index (κ3) is 2.97. The molecule has 2 aromatic carbocycles. The van der Waals surface area contributed by atoms with Gasteiger partial charge in [0.15, 0.2) is 0 Å². The highest BCUT2D eigenvalue weighted by Crippen LogP contribution is 2.25. The van der Waals surface area contributed by atoms with Gasteiger partial charge in [-0.2, -0.15) is 0 Å². The van der Waals surface area contributed by atoms with Crippen LogP contribution in [0.25, 0.3) is 0 Å². The average Bonchev–Trinajstić information content (AvgIpc) is 2.94. The van der Waals surface area contributed by atoms with E-state index in [1.165, 1.54) is 5.56 Å². The van der Waals surface area contributed by atoms with Crippen molar-refractivity contribution >= 4 is 0 Å². The monoisotopic (exact) mass is 278 g/mol. The van der Waals surface area contributed by atoms with E-state index >= 15 is 0 Å². The van der Waals surface area contributed by atoms with Gasteiger partial charge in [0, 0.05) is 12.4 Å². The zero-order chi connectivity index (χ0) is 14.7. The van der Waals surface area contributed by atoms with Crippen LogP contribution in [0, 0.1) is 6.92 Å². The maximum atomic E-state index is 5.81. The van der Waals surface area contributed by atoms with Gasteiger partial charge in [-0.3, -0.25) is 0 Å². The molecular formula is C18H18N2O. The lowest BCUT2D eigenvalue weighted by Gasteiger charge is -2.16. The van der Waals surface area contributed by atoms with Crippen molar-refractivity contribution in [3.8, 4) is 11.5 Å². The van der Waals surface area contributed by atoms with Gasteiger partial charge in [-0.25, -0.2) is 4.98 Å². The molecule has 1 unspecified atom stereocenters. The van der Waals surface area contributed by atoms with E-state index in [9.17, 15) is 0 Å². The van der Waals surface area contributed by atoms with Crippen LogP contribution in [0.3, 0.4) is 0 Å². The van der Waals surface area contributed by atoms with E-state index in [2.05, 4.69) is 28.6 Å². The molecule has 0 aliphatic heterocycles. The van der Waals surface area contributed by atoms with Crippen molar-refractivity contribution in [2.24, 2.45) is 0 Å². The summed E-state index contributed by atoms with van der Waals surface area (Å²) in [5, 5.41) is 0. The molecule has 3 nitrogen and oxygen atoms in total. The average molecular weight is 278 g/mol. The van der Waals surface area contributed by atoms with Crippen molar-refractivity contribution in [1.29, 1.82) is 0 Å². The molecule has 0 bridgehead atoms. The first kappa shape index (κ1) is 13.4. The Balaban J connectivity index is 1.77. The van der Waals surface area contributed by atoms with Gasteiger partial charge in [0.1, 0.15) is 17.3 Å². The first-order valence-corrected chi connectivity index (χ1v) is 7.06. The smallest absolute Gasteiger partial charge is 0.127 e. The Morgan fingerprint density at radius 1 is 0.952 bits per heavy atom. The van der Waals surface area contributed by atoms with Crippen molar-refractivity contribution in [2.75, 3.05) is 0 Å². The molecule has 1 aromatic heterocycles. The van der Waals surface area contributed by atoms with E-state index in [0.717, 1.165) is 17.3 Å². The molecule has 21 heavy (non-hydrogen) atoms. The summed E-state index contributed by atoms with van der Waals surface area (Å²) in [4.78, 5) is 4.27. The van der Waals surface area contributed by atoms with E-state index < -0.39 is 0 Å². The number of ether oxygens (including phenoxy) is 1.